The molecule has 0 bridgehead atoms. The molecule has 0 saturated carbocycles. The number of thioether (sulfide) groups is 1. The molecular weight excluding hydrogens is 427 g/mol. The van der Waals surface area contributed by atoms with E-state index in [2.05, 4.69) is 0 Å². The van der Waals surface area contributed by atoms with Crippen LogP contribution in [0.15, 0.2) is 76.6 Å². The number of benzene rings is 3. The second kappa shape index (κ2) is 8.51. The highest BCUT2D eigenvalue weighted by atomic mass is 32.2. The van der Waals surface area contributed by atoms with E-state index < -0.39 is 0 Å². The van der Waals surface area contributed by atoms with Crippen LogP contribution in [-0.4, -0.2) is 24.3 Å². The summed E-state index contributed by atoms with van der Waals surface area (Å²) in [6, 6.07) is 19.1. The zero-order chi connectivity index (χ0) is 22.1. The minimum Gasteiger partial charge on any atom is -0.486 e. The number of hydrogen-bond donors (Lipinski definition) is 0. The predicted octanol–water partition coefficient (Wildman–Crippen LogP) is 5.71. The molecule has 0 aromatic heterocycles. The number of anilines is 1. The van der Waals surface area contributed by atoms with E-state index in [4.69, 9.17) is 14.5 Å². The van der Waals surface area contributed by atoms with Crippen LogP contribution in [0.3, 0.4) is 0 Å². The van der Waals surface area contributed by atoms with E-state index in [0.717, 1.165) is 16.8 Å². The summed E-state index contributed by atoms with van der Waals surface area (Å²) in [5, 5.41) is 0.509. The Hall–Kier alpha value is -3.58. The molecule has 32 heavy (non-hydrogen) atoms. The van der Waals surface area contributed by atoms with Crippen molar-refractivity contribution < 1.29 is 18.7 Å². The maximum Gasteiger partial charge on any atom is 0.271 e. The SMILES string of the molecule is Cc1ccc(N=C2S/C(=C\c3ccc4c(c3)OCCO4)C(=O)N2c2ccc(F)cc2)cc1. The molecule has 0 N–H and O–H groups in total. The van der Waals surface area contributed by atoms with Crippen molar-refractivity contribution in [3.63, 3.8) is 0 Å². The Morgan fingerprint density at radius 1 is 0.969 bits per heavy atom. The molecule has 2 aliphatic rings. The molecule has 5 nitrogen and oxygen atoms in total. The average Bonchev–Trinajstić information content (AvgIpc) is 3.10. The number of hydrogen-bond acceptors (Lipinski definition) is 5. The van der Waals surface area contributed by atoms with Crippen molar-refractivity contribution in [1.82, 2.24) is 0 Å². The third kappa shape index (κ3) is 4.11. The smallest absolute Gasteiger partial charge is 0.271 e. The zero-order valence-corrected chi connectivity index (χ0v) is 18.1. The molecule has 5 rings (SSSR count). The van der Waals surface area contributed by atoms with Gasteiger partial charge in [-0.05, 0) is 78.9 Å². The molecule has 0 atom stereocenters. The monoisotopic (exact) mass is 446 g/mol. The van der Waals surface area contributed by atoms with E-state index in [0.29, 0.717) is 40.5 Å². The normalized spacial score (nSPS) is 17.9. The predicted molar refractivity (Wildman–Crippen MR) is 125 cm³/mol. The van der Waals surface area contributed by atoms with Gasteiger partial charge in [0.2, 0.25) is 0 Å². The first kappa shape index (κ1) is 20.3. The minimum atomic E-state index is -0.364. The van der Waals surface area contributed by atoms with Gasteiger partial charge in [-0.3, -0.25) is 9.69 Å². The van der Waals surface area contributed by atoms with Gasteiger partial charge >= 0.3 is 0 Å². The Kier molecular flexibility index (Phi) is 5.41. The second-order valence-corrected chi connectivity index (χ2v) is 8.37. The molecule has 2 aliphatic heterocycles. The summed E-state index contributed by atoms with van der Waals surface area (Å²) < 4.78 is 24.7. The Morgan fingerprint density at radius 3 is 2.44 bits per heavy atom. The van der Waals surface area contributed by atoms with Gasteiger partial charge in [0, 0.05) is 0 Å². The van der Waals surface area contributed by atoms with Gasteiger partial charge in [0.25, 0.3) is 5.91 Å². The van der Waals surface area contributed by atoms with E-state index >= 15 is 0 Å². The average molecular weight is 447 g/mol. The van der Waals surface area contributed by atoms with Crippen molar-refractivity contribution in [2.75, 3.05) is 18.1 Å². The molecule has 0 radical (unpaired) electrons. The lowest BCUT2D eigenvalue weighted by molar-refractivity contribution is -0.113. The standard InChI is InChI=1S/C25H19FN2O3S/c1-16-2-7-19(8-3-16)27-25-28(20-9-5-18(26)6-10-20)24(29)23(32-25)15-17-4-11-21-22(14-17)31-13-12-30-21/h2-11,14-15H,12-13H2,1H3/b23-15-,27-25?. The van der Waals surface area contributed by atoms with E-state index in [1.165, 1.54) is 28.8 Å². The maximum atomic E-state index is 13.5. The number of halogens is 1. The number of amidine groups is 1. The summed E-state index contributed by atoms with van der Waals surface area (Å²) in [6.45, 7) is 3.02. The van der Waals surface area contributed by atoms with Crippen molar-refractivity contribution in [1.29, 1.82) is 0 Å². The quantitative estimate of drug-likeness (QED) is 0.484. The molecule has 1 saturated heterocycles. The highest BCUT2D eigenvalue weighted by Gasteiger charge is 2.35. The molecule has 7 heteroatoms. The highest BCUT2D eigenvalue weighted by molar-refractivity contribution is 8.19. The summed E-state index contributed by atoms with van der Waals surface area (Å²) in [4.78, 5) is 20.1. The number of amides is 1. The van der Waals surface area contributed by atoms with Crippen molar-refractivity contribution >= 4 is 40.3 Å². The molecular formula is C25H19FN2O3S. The van der Waals surface area contributed by atoms with Crippen LogP contribution in [0.4, 0.5) is 15.8 Å². The van der Waals surface area contributed by atoms with Gasteiger partial charge in [-0.15, -0.1) is 0 Å². The topological polar surface area (TPSA) is 51.1 Å². The summed E-state index contributed by atoms with van der Waals surface area (Å²) in [5.74, 6) is 0.767. The molecule has 3 aromatic rings. The van der Waals surface area contributed by atoms with E-state index in [1.807, 2.05) is 49.4 Å². The molecule has 1 amide bonds. The number of aryl methyl sites for hydroxylation is 1. The van der Waals surface area contributed by atoms with Gasteiger partial charge in [0.1, 0.15) is 19.0 Å². The Labute approximate surface area is 189 Å². The number of nitrogens with zero attached hydrogens (tertiary/aromatic N) is 2. The zero-order valence-electron chi connectivity index (χ0n) is 17.2. The van der Waals surface area contributed by atoms with Crippen LogP contribution in [0.1, 0.15) is 11.1 Å². The summed E-state index contributed by atoms with van der Waals surface area (Å²) in [7, 11) is 0. The van der Waals surface area contributed by atoms with E-state index in [9.17, 15) is 9.18 Å². The first-order chi connectivity index (χ1) is 15.6. The van der Waals surface area contributed by atoms with Gasteiger partial charge in [-0.25, -0.2) is 9.38 Å². The summed E-state index contributed by atoms with van der Waals surface area (Å²) in [6.07, 6.45) is 1.80. The molecule has 3 aromatic carbocycles. The fraction of sp³-hybridized carbons (Fsp3) is 0.120. The second-order valence-electron chi connectivity index (χ2n) is 7.36. The number of aliphatic imine (C=N–C) groups is 1. The van der Waals surface area contributed by atoms with Crippen LogP contribution >= 0.6 is 11.8 Å². The van der Waals surface area contributed by atoms with Crippen molar-refractivity contribution in [3.05, 3.63) is 88.6 Å². The van der Waals surface area contributed by atoms with Crippen LogP contribution < -0.4 is 14.4 Å². The number of ether oxygens (including phenoxy) is 2. The van der Waals surface area contributed by atoms with Gasteiger partial charge in [-0.2, -0.15) is 0 Å². The fourth-order valence-corrected chi connectivity index (χ4v) is 4.40. The Balaban J connectivity index is 1.53. The molecule has 0 aliphatic carbocycles. The van der Waals surface area contributed by atoms with Crippen molar-refractivity contribution in [3.8, 4) is 11.5 Å². The minimum absolute atomic E-state index is 0.220. The lowest BCUT2D eigenvalue weighted by atomic mass is 10.1. The first-order valence-electron chi connectivity index (χ1n) is 10.1. The van der Waals surface area contributed by atoms with Crippen molar-refractivity contribution in [2.45, 2.75) is 6.92 Å². The molecule has 2 heterocycles. The number of rotatable bonds is 3. The summed E-state index contributed by atoms with van der Waals surface area (Å²) in [5.41, 5.74) is 3.23. The van der Waals surface area contributed by atoms with Crippen LogP contribution in [0.25, 0.3) is 6.08 Å². The first-order valence-corrected chi connectivity index (χ1v) is 10.9. The molecule has 160 valence electrons. The van der Waals surface area contributed by atoms with Gasteiger partial charge < -0.3 is 9.47 Å². The Bertz CT molecular complexity index is 1240. The maximum absolute atomic E-state index is 13.5. The molecule has 1 fully saturated rings. The lowest BCUT2D eigenvalue weighted by Gasteiger charge is -2.18. The van der Waals surface area contributed by atoms with E-state index in [1.54, 1.807) is 18.2 Å². The van der Waals surface area contributed by atoms with E-state index in [-0.39, 0.29) is 11.7 Å². The van der Waals surface area contributed by atoms with Crippen molar-refractivity contribution in [2.24, 2.45) is 4.99 Å². The largest absolute Gasteiger partial charge is 0.486 e. The van der Waals surface area contributed by atoms with Gasteiger partial charge in [0.15, 0.2) is 16.7 Å². The molecule has 0 spiro atoms. The van der Waals surface area contributed by atoms with Gasteiger partial charge in [0.05, 0.1) is 16.3 Å². The fourth-order valence-electron chi connectivity index (χ4n) is 3.40. The molecule has 0 unspecified atom stereocenters. The van der Waals surface area contributed by atoms with Crippen LogP contribution in [-0.2, 0) is 4.79 Å². The third-order valence-corrected chi connectivity index (χ3v) is 5.98. The van der Waals surface area contributed by atoms with Crippen LogP contribution in [0.2, 0.25) is 0 Å². The lowest BCUT2D eigenvalue weighted by Crippen LogP contribution is -2.28. The Morgan fingerprint density at radius 2 is 1.69 bits per heavy atom. The highest BCUT2D eigenvalue weighted by Crippen LogP contribution is 2.38. The van der Waals surface area contributed by atoms with Crippen LogP contribution in [0.5, 0.6) is 11.5 Å². The third-order valence-electron chi connectivity index (χ3n) is 5.01. The van der Waals surface area contributed by atoms with Gasteiger partial charge in [-0.1, -0.05) is 23.8 Å². The van der Waals surface area contributed by atoms with Crippen LogP contribution in [0, 0.1) is 12.7 Å². The number of fused-ring (bicyclic) bond motifs is 1. The number of carbonyl (C=O) groups is 1. The summed E-state index contributed by atoms with van der Waals surface area (Å²) >= 11 is 1.28. The number of carbonyl (C=O) groups excluding carboxylic acids is 1.